The van der Waals surface area contributed by atoms with E-state index in [1.165, 1.54) is 7.11 Å². The Morgan fingerprint density at radius 3 is 2.55 bits per heavy atom. The zero-order valence-electron chi connectivity index (χ0n) is 11.5. The lowest BCUT2D eigenvalue weighted by Gasteiger charge is -2.16. The van der Waals surface area contributed by atoms with Crippen molar-refractivity contribution in [2.45, 2.75) is 19.3 Å². The van der Waals surface area contributed by atoms with E-state index in [4.69, 9.17) is 9.84 Å². The summed E-state index contributed by atoms with van der Waals surface area (Å²) in [5, 5.41) is 11.1. The average Bonchev–Trinajstić information content (AvgIpc) is 3.16. The molecule has 2 aliphatic rings. The Labute approximate surface area is 117 Å². The van der Waals surface area contributed by atoms with Crippen LogP contribution < -0.4 is 5.32 Å². The first-order valence-corrected chi connectivity index (χ1v) is 6.85. The number of carboxylic acid groups (broad SMARTS) is 1. The number of carbonyl (C=O) groups excluding carboxylic acids is 2. The van der Waals surface area contributed by atoms with Crippen LogP contribution in [-0.4, -0.2) is 54.7 Å². The van der Waals surface area contributed by atoms with E-state index in [0.717, 1.165) is 12.8 Å². The molecular formula is C13H20N2O5. The van der Waals surface area contributed by atoms with Crippen LogP contribution >= 0.6 is 0 Å². The normalized spacial score (nSPS) is 25.4. The highest BCUT2D eigenvalue weighted by Gasteiger charge is 2.47. The van der Waals surface area contributed by atoms with Crippen LogP contribution in [-0.2, 0) is 14.3 Å². The number of hydrogen-bond acceptors (Lipinski definition) is 4. The molecule has 2 N–H and O–H groups in total. The second-order valence-electron chi connectivity index (χ2n) is 5.41. The molecule has 0 spiro atoms. The zero-order chi connectivity index (χ0) is 14.7. The number of esters is 1. The lowest BCUT2D eigenvalue weighted by molar-refractivity contribution is -0.146. The largest absolute Gasteiger partial charge is 0.481 e. The van der Waals surface area contributed by atoms with Gasteiger partial charge in [-0.15, -0.1) is 0 Å². The Bertz CT molecular complexity index is 408. The summed E-state index contributed by atoms with van der Waals surface area (Å²) in [4.78, 5) is 35.7. The van der Waals surface area contributed by atoms with Crippen LogP contribution in [0.4, 0.5) is 4.79 Å². The van der Waals surface area contributed by atoms with Crippen molar-refractivity contribution in [3.05, 3.63) is 0 Å². The SMILES string of the molecule is COC(=O)[C@H]1CN(C(=O)NCCC(=O)O)C[C@@H]1C1CC1. The number of nitrogens with zero attached hydrogens (tertiary/aromatic N) is 1. The summed E-state index contributed by atoms with van der Waals surface area (Å²) in [7, 11) is 1.36. The standard InChI is InChI=1S/C13H20N2O5/c1-20-12(18)10-7-15(6-9(10)8-2-3-8)13(19)14-5-4-11(16)17/h8-10H,2-7H2,1H3,(H,14,19)(H,16,17)/t9-,10+/m1/s1. The van der Waals surface area contributed by atoms with Gasteiger partial charge in [0.25, 0.3) is 0 Å². The van der Waals surface area contributed by atoms with E-state index in [9.17, 15) is 14.4 Å². The Morgan fingerprint density at radius 2 is 2.00 bits per heavy atom. The van der Waals surface area contributed by atoms with Crippen LogP contribution in [0.25, 0.3) is 0 Å². The third-order valence-electron chi connectivity index (χ3n) is 4.00. The highest BCUT2D eigenvalue weighted by atomic mass is 16.5. The summed E-state index contributed by atoms with van der Waals surface area (Å²) in [6.45, 7) is 0.998. The minimum atomic E-state index is -0.949. The monoisotopic (exact) mass is 284 g/mol. The van der Waals surface area contributed by atoms with Gasteiger partial charge in [0.1, 0.15) is 0 Å². The molecule has 2 atom stereocenters. The average molecular weight is 284 g/mol. The number of carboxylic acids is 1. The van der Waals surface area contributed by atoms with Gasteiger partial charge in [-0.25, -0.2) is 4.79 Å². The van der Waals surface area contributed by atoms with Gasteiger partial charge in [0.2, 0.25) is 0 Å². The zero-order valence-corrected chi connectivity index (χ0v) is 11.5. The molecule has 112 valence electrons. The van der Waals surface area contributed by atoms with Crippen molar-refractivity contribution in [2.75, 3.05) is 26.7 Å². The van der Waals surface area contributed by atoms with Crippen LogP contribution in [0.5, 0.6) is 0 Å². The van der Waals surface area contributed by atoms with E-state index in [-0.39, 0.29) is 36.8 Å². The van der Waals surface area contributed by atoms with Crippen molar-refractivity contribution >= 4 is 18.0 Å². The van der Waals surface area contributed by atoms with E-state index in [1.807, 2.05) is 0 Å². The van der Waals surface area contributed by atoms with E-state index < -0.39 is 5.97 Å². The third kappa shape index (κ3) is 3.40. The number of amides is 2. The summed E-state index contributed by atoms with van der Waals surface area (Å²) in [6.07, 6.45) is 2.10. The lowest BCUT2D eigenvalue weighted by Crippen LogP contribution is -2.40. The molecular weight excluding hydrogens is 264 g/mol. The number of methoxy groups -OCH3 is 1. The van der Waals surface area contributed by atoms with Gasteiger partial charge < -0.3 is 20.1 Å². The number of rotatable bonds is 5. The molecule has 2 amide bonds. The van der Waals surface area contributed by atoms with Crippen LogP contribution in [0.3, 0.4) is 0 Å². The molecule has 0 aromatic rings. The van der Waals surface area contributed by atoms with Gasteiger partial charge in [0, 0.05) is 19.6 Å². The Hall–Kier alpha value is -1.79. The van der Waals surface area contributed by atoms with Crippen molar-refractivity contribution in [1.82, 2.24) is 10.2 Å². The first kappa shape index (κ1) is 14.6. The van der Waals surface area contributed by atoms with Gasteiger partial charge in [-0.1, -0.05) is 0 Å². The fraction of sp³-hybridized carbons (Fsp3) is 0.769. The molecule has 0 unspecified atom stereocenters. The molecule has 2 fully saturated rings. The first-order chi connectivity index (χ1) is 9.52. The quantitative estimate of drug-likeness (QED) is 0.708. The van der Waals surface area contributed by atoms with Gasteiger partial charge in [-0.2, -0.15) is 0 Å². The fourth-order valence-corrected chi connectivity index (χ4v) is 2.79. The molecule has 7 nitrogen and oxygen atoms in total. The lowest BCUT2D eigenvalue weighted by atomic mass is 9.92. The summed E-state index contributed by atoms with van der Waals surface area (Å²) in [6, 6.07) is -0.302. The van der Waals surface area contributed by atoms with Gasteiger partial charge in [0.05, 0.1) is 19.4 Å². The van der Waals surface area contributed by atoms with Crippen molar-refractivity contribution in [1.29, 1.82) is 0 Å². The summed E-state index contributed by atoms with van der Waals surface area (Å²) in [5.74, 6) is -0.779. The van der Waals surface area contributed by atoms with E-state index in [0.29, 0.717) is 19.0 Å². The maximum absolute atomic E-state index is 11.9. The van der Waals surface area contributed by atoms with Gasteiger partial charge >= 0.3 is 18.0 Å². The number of likely N-dealkylation sites (tertiary alicyclic amines) is 1. The molecule has 0 aromatic carbocycles. The van der Waals surface area contributed by atoms with Crippen molar-refractivity contribution in [3.8, 4) is 0 Å². The number of hydrogen-bond donors (Lipinski definition) is 2. The molecule has 2 rings (SSSR count). The van der Waals surface area contributed by atoms with Crippen molar-refractivity contribution in [3.63, 3.8) is 0 Å². The molecule has 1 saturated heterocycles. The molecule has 1 aliphatic heterocycles. The van der Waals surface area contributed by atoms with Gasteiger partial charge in [-0.05, 0) is 24.7 Å². The molecule has 7 heteroatoms. The Morgan fingerprint density at radius 1 is 1.30 bits per heavy atom. The van der Waals surface area contributed by atoms with Crippen LogP contribution in [0, 0.1) is 17.8 Å². The molecule has 1 heterocycles. The van der Waals surface area contributed by atoms with E-state index >= 15 is 0 Å². The highest BCUT2D eigenvalue weighted by molar-refractivity contribution is 5.79. The molecule has 0 bridgehead atoms. The Kier molecular flexibility index (Phi) is 4.46. The minimum absolute atomic E-state index is 0.0989. The van der Waals surface area contributed by atoms with Crippen LogP contribution in [0.2, 0.25) is 0 Å². The number of urea groups is 1. The highest BCUT2D eigenvalue weighted by Crippen LogP contribution is 2.44. The smallest absolute Gasteiger partial charge is 0.317 e. The number of aliphatic carboxylic acids is 1. The second-order valence-corrected chi connectivity index (χ2v) is 5.41. The van der Waals surface area contributed by atoms with Crippen LogP contribution in [0.1, 0.15) is 19.3 Å². The topological polar surface area (TPSA) is 95.9 Å². The Balaban J connectivity index is 1.88. The van der Waals surface area contributed by atoms with E-state index in [2.05, 4.69) is 5.32 Å². The summed E-state index contributed by atoms with van der Waals surface area (Å²) < 4.78 is 4.81. The number of carbonyl (C=O) groups is 3. The predicted molar refractivity (Wildman–Crippen MR) is 68.9 cm³/mol. The molecule has 1 saturated carbocycles. The summed E-state index contributed by atoms with van der Waals surface area (Å²) >= 11 is 0. The van der Waals surface area contributed by atoms with E-state index in [1.54, 1.807) is 4.90 Å². The van der Waals surface area contributed by atoms with Crippen molar-refractivity contribution in [2.24, 2.45) is 17.8 Å². The predicted octanol–water partition coefficient (Wildman–Crippen LogP) is 0.302. The number of nitrogens with one attached hydrogen (secondary N) is 1. The molecule has 0 aromatic heterocycles. The minimum Gasteiger partial charge on any atom is -0.481 e. The maximum Gasteiger partial charge on any atom is 0.317 e. The maximum atomic E-state index is 11.9. The van der Waals surface area contributed by atoms with Gasteiger partial charge in [0.15, 0.2) is 0 Å². The molecule has 20 heavy (non-hydrogen) atoms. The number of ether oxygens (including phenoxy) is 1. The van der Waals surface area contributed by atoms with Crippen molar-refractivity contribution < 1.29 is 24.2 Å². The molecule has 0 radical (unpaired) electrons. The van der Waals surface area contributed by atoms with Crippen LogP contribution in [0.15, 0.2) is 0 Å². The second kappa shape index (κ2) is 6.11. The third-order valence-corrected chi connectivity index (χ3v) is 4.00. The first-order valence-electron chi connectivity index (χ1n) is 6.85. The van der Waals surface area contributed by atoms with Gasteiger partial charge in [-0.3, -0.25) is 9.59 Å². The summed E-state index contributed by atoms with van der Waals surface area (Å²) in [5.41, 5.74) is 0. The molecule has 1 aliphatic carbocycles. The fourth-order valence-electron chi connectivity index (χ4n) is 2.79.